The lowest BCUT2D eigenvalue weighted by atomic mass is 10.0. The second kappa shape index (κ2) is 63.8. The van der Waals surface area contributed by atoms with E-state index in [1.807, 2.05) is 0 Å². The Labute approximate surface area is 459 Å². The van der Waals surface area contributed by atoms with Gasteiger partial charge in [-0.15, -0.1) is 0 Å². The van der Waals surface area contributed by atoms with Crippen molar-refractivity contribution >= 4 is 11.9 Å². The molecule has 0 amide bonds. The molecule has 0 aliphatic rings. The van der Waals surface area contributed by atoms with Gasteiger partial charge in [0.1, 0.15) is 6.61 Å². The standard InChI is InChI=1S/C69H118O5/c1-3-5-7-9-11-13-15-17-19-21-23-25-27-29-31-32-33-34-35-36-38-39-41-43-45-47-49-51-53-55-57-59-61-63-68(71)73-66-67(65-70)74-69(72)64-62-60-58-56-54-52-50-48-46-44-42-40-37-30-28-26-24-22-20-18-16-14-12-10-8-6-4-2/h6,8,12,14-15,17-18,20-21,23-24,26-27,29-30,37,42,44,67,70H,3-5,7,9-11,13,16,19,22,25,28,31-36,38-41,43,45-66H2,1-2H3/b8-6-,14-12-,17-15-,20-18-,23-21-,26-24-,29-27-,37-30-,44-42-. The molecule has 0 aromatic rings. The van der Waals surface area contributed by atoms with Crippen molar-refractivity contribution in [1.82, 2.24) is 0 Å². The molecule has 5 heteroatoms. The Kier molecular flexibility index (Phi) is 60.9. The van der Waals surface area contributed by atoms with Gasteiger partial charge in [-0.3, -0.25) is 9.59 Å². The van der Waals surface area contributed by atoms with Crippen molar-refractivity contribution in [2.45, 2.75) is 302 Å². The summed E-state index contributed by atoms with van der Waals surface area (Å²) < 4.78 is 10.7. The summed E-state index contributed by atoms with van der Waals surface area (Å²) in [4.78, 5) is 24.6. The van der Waals surface area contributed by atoms with E-state index in [2.05, 4.69) is 123 Å². The van der Waals surface area contributed by atoms with E-state index in [9.17, 15) is 14.7 Å². The Morgan fingerprint density at radius 3 is 0.878 bits per heavy atom. The Morgan fingerprint density at radius 1 is 0.324 bits per heavy atom. The Bertz CT molecular complexity index is 1440. The molecule has 0 radical (unpaired) electrons. The van der Waals surface area contributed by atoms with Gasteiger partial charge in [0.05, 0.1) is 6.61 Å². The van der Waals surface area contributed by atoms with E-state index in [-0.39, 0.29) is 25.2 Å². The zero-order valence-electron chi connectivity index (χ0n) is 48.6. The minimum atomic E-state index is -0.784. The first-order valence-corrected chi connectivity index (χ1v) is 31.4. The third kappa shape index (κ3) is 61.1. The van der Waals surface area contributed by atoms with Gasteiger partial charge in [0.2, 0.25) is 0 Å². The van der Waals surface area contributed by atoms with Gasteiger partial charge in [0.25, 0.3) is 0 Å². The number of aliphatic hydroxyl groups excluding tert-OH is 1. The summed E-state index contributed by atoms with van der Waals surface area (Å²) in [6, 6.07) is 0. The maximum Gasteiger partial charge on any atom is 0.306 e. The molecule has 74 heavy (non-hydrogen) atoms. The van der Waals surface area contributed by atoms with Gasteiger partial charge in [0, 0.05) is 12.8 Å². The normalized spacial score (nSPS) is 13.0. The highest BCUT2D eigenvalue weighted by atomic mass is 16.6. The fraction of sp³-hybridized carbons (Fsp3) is 0.710. The van der Waals surface area contributed by atoms with Crippen LogP contribution >= 0.6 is 0 Å². The van der Waals surface area contributed by atoms with Gasteiger partial charge in [0.15, 0.2) is 6.10 Å². The molecule has 0 rings (SSSR count). The smallest absolute Gasteiger partial charge is 0.306 e. The number of rotatable bonds is 57. The first-order chi connectivity index (χ1) is 36.6. The van der Waals surface area contributed by atoms with Crippen molar-refractivity contribution in [2.24, 2.45) is 0 Å². The summed E-state index contributed by atoms with van der Waals surface area (Å²) in [5.74, 6) is -0.596. The molecule has 0 aromatic carbocycles. The van der Waals surface area contributed by atoms with Gasteiger partial charge in [-0.05, 0) is 103 Å². The SMILES string of the molecule is CC/C=C\C/C=C\C/C=C\C/C=C\C/C=C\C/C=C\CCCCCCCCCCC(=O)OC(CO)COC(=O)CCCCCCCCCCCCCCCCCCCC/C=C\C/C=C\C/C=C\CCCCCCC. The largest absolute Gasteiger partial charge is 0.462 e. The molecule has 0 saturated heterocycles. The first kappa shape index (κ1) is 70.6. The summed E-state index contributed by atoms with van der Waals surface area (Å²) in [6.45, 7) is 4.03. The van der Waals surface area contributed by atoms with Crippen LogP contribution < -0.4 is 0 Å². The van der Waals surface area contributed by atoms with Crippen molar-refractivity contribution in [3.8, 4) is 0 Å². The third-order valence-electron chi connectivity index (χ3n) is 13.6. The fourth-order valence-corrected chi connectivity index (χ4v) is 8.86. The van der Waals surface area contributed by atoms with Crippen LogP contribution in [0.4, 0.5) is 0 Å². The number of aliphatic hydroxyl groups is 1. The maximum absolute atomic E-state index is 12.3. The van der Waals surface area contributed by atoms with Crippen LogP contribution in [-0.4, -0.2) is 36.4 Å². The Morgan fingerprint density at radius 2 is 0.581 bits per heavy atom. The molecule has 1 unspecified atom stereocenters. The van der Waals surface area contributed by atoms with Gasteiger partial charge >= 0.3 is 11.9 Å². The number of ether oxygens (including phenoxy) is 2. The molecule has 1 atom stereocenters. The highest BCUT2D eigenvalue weighted by molar-refractivity contribution is 5.70. The molecular weight excluding hydrogens is 909 g/mol. The van der Waals surface area contributed by atoms with Crippen molar-refractivity contribution in [3.63, 3.8) is 0 Å². The zero-order chi connectivity index (χ0) is 53.4. The number of esters is 2. The fourth-order valence-electron chi connectivity index (χ4n) is 8.86. The summed E-state index contributed by atoms with van der Waals surface area (Å²) in [6.07, 6.45) is 92.2. The average molecular weight is 1030 g/mol. The second-order valence-electron chi connectivity index (χ2n) is 20.8. The number of allylic oxidation sites excluding steroid dienone is 18. The molecule has 0 spiro atoms. The monoisotopic (exact) mass is 1030 g/mol. The highest BCUT2D eigenvalue weighted by Gasteiger charge is 2.16. The molecule has 424 valence electrons. The molecule has 5 nitrogen and oxygen atoms in total. The van der Waals surface area contributed by atoms with E-state index in [0.717, 1.165) is 96.3 Å². The molecule has 1 N–H and O–H groups in total. The van der Waals surface area contributed by atoms with Crippen LogP contribution in [0.15, 0.2) is 109 Å². The van der Waals surface area contributed by atoms with E-state index in [1.54, 1.807) is 0 Å². The van der Waals surface area contributed by atoms with Crippen molar-refractivity contribution in [1.29, 1.82) is 0 Å². The lowest BCUT2D eigenvalue weighted by molar-refractivity contribution is -0.161. The molecule has 0 heterocycles. The number of hydrogen-bond acceptors (Lipinski definition) is 5. The number of hydrogen-bond donors (Lipinski definition) is 1. The first-order valence-electron chi connectivity index (χ1n) is 31.4. The van der Waals surface area contributed by atoms with Crippen LogP contribution in [-0.2, 0) is 19.1 Å². The summed E-state index contributed by atoms with van der Waals surface area (Å²) in [7, 11) is 0. The van der Waals surface area contributed by atoms with Crippen molar-refractivity contribution in [2.75, 3.05) is 13.2 Å². The zero-order valence-corrected chi connectivity index (χ0v) is 48.6. The molecule has 0 aliphatic carbocycles. The van der Waals surface area contributed by atoms with Gasteiger partial charge in [-0.2, -0.15) is 0 Å². The van der Waals surface area contributed by atoms with E-state index >= 15 is 0 Å². The topological polar surface area (TPSA) is 72.8 Å². The average Bonchev–Trinajstić information content (AvgIpc) is 3.40. The van der Waals surface area contributed by atoms with Gasteiger partial charge in [-0.1, -0.05) is 290 Å². The summed E-state index contributed by atoms with van der Waals surface area (Å²) in [5, 5.41) is 9.68. The van der Waals surface area contributed by atoms with Crippen LogP contribution in [0, 0.1) is 0 Å². The number of carbonyl (C=O) groups excluding carboxylic acids is 2. The summed E-state index contributed by atoms with van der Waals surface area (Å²) >= 11 is 0. The maximum atomic E-state index is 12.3. The predicted molar refractivity (Wildman–Crippen MR) is 325 cm³/mol. The van der Waals surface area contributed by atoms with Crippen molar-refractivity contribution < 1.29 is 24.2 Å². The molecule has 0 saturated carbocycles. The Balaban J connectivity index is 3.50. The molecular formula is C69H118O5. The van der Waals surface area contributed by atoms with E-state index in [4.69, 9.17) is 9.47 Å². The molecule has 0 aliphatic heterocycles. The lowest BCUT2D eigenvalue weighted by Crippen LogP contribution is -2.28. The predicted octanol–water partition coefficient (Wildman–Crippen LogP) is 21.6. The number of unbranched alkanes of at least 4 members (excludes halogenated alkanes) is 31. The van der Waals surface area contributed by atoms with Gasteiger partial charge < -0.3 is 14.6 Å². The van der Waals surface area contributed by atoms with Crippen LogP contribution in [0.2, 0.25) is 0 Å². The van der Waals surface area contributed by atoms with Crippen LogP contribution in [0.1, 0.15) is 296 Å². The lowest BCUT2D eigenvalue weighted by Gasteiger charge is -2.15. The van der Waals surface area contributed by atoms with E-state index in [1.165, 1.54) is 173 Å². The Hall–Kier alpha value is -3.44. The van der Waals surface area contributed by atoms with Crippen molar-refractivity contribution in [3.05, 3.63) is 109 Å². The quantitative estimate of drug-likeness (QED) is 0.0373. The van der Waals surface area contributed by atoms with Gasteiger partial charge in [-0.25, -0.2) is 0 Å². The van der Waals surface area contributed by atoms with E-state index < -0.39 is 6.10 Å². The van der Waals surface area contributed by atoms with Crippen LogP contribution in [0.25, 0.3) is 0 Å². The minimum absolute atomic E-state index is 0.0727. The van der Waals surface area contributed by atoms with Crippen LogP contribution in [0.3, 0.4) is 0 Å². The second-order valence-corrected chi connectivity index (χ2v) is 20.8. The van der Waals surface area contributed by atoms with Crippen LogP contribution in [0.5, 0.6) is 0 Å². The third-order valence-corrected chi connectivity index (χ3v) is 13.6. The molecule has 0 fully saturated rings. The minimum Gasteiger partial charge on any atom is -0.462 e. The molecule has 0 aromatic heterocycles. The molecule has 0 bridgehead atoms. The summed E-state index contributed by atoms with van der Waals surface area (Å²) in [5.41, 5.74) is 0. The highest BCUT2D eigenvalue weighted by Crippen LogP contribution is 2.16. The van der Waals surface area contributed by atoms with E-state index in [0.29, 0.717) is 12.8 Å². The number of carbonyl (C=O) groups is 2.